The number of allylic oxidation sites excluding steroid dienone is 1. The lowest BCUT2D eigenvalue weighted by molar-refractivity contribution is 0.0692. The number of carbonyl (C=O) groups is 1. The van der Waals surface area contributed by atoms with Gasteiger partial charge in [0.2, 0.25) is 0 Å². The highest BCUT2D eigenvalue weighted by Crippen LogP contribution is 2.20. The first kappa shape index (κ1) is 14.3. The number of methoxy groups -OCH3 is 1. The highest BCUT2D eigenvalue weighted by atomic mass is 16.5. The minimum Gasteiger partial charge on any atom is -0.496 e. The summed E-state index contributed by atoms with van der Waals surface area (Å²) in [5.74, 6) is -0.640. The van der Waals surface area contributed by atoms with Crippen molar-refractivity contribution < 1.29 is 19.4 Å². The summed E-state index contributed by atoms with van der Waals surface area (Å²) in [4.78, 5) is 11.0. The molecule has 0 fully saturated rings. The number of unbranched alkanes of at least 4 members (excludes halogenated alkanes) is 1. The van der Waals surface area contributed by atoms with Gasteiger partial charge in [-0.05, 0) is 30.5 Å². The van der Waals surface area contributed by atoms with Gasteiger partial charge in [0.05, 0.1) is 13.7 Å². The van der Waals surface area contributed by atoms with E-state index in [1.165, 1.54) is 7.11 Å². The zero-order valence-electron chi connectivity index (χ0n) is 10.5. The lowest BCUT2D eigenvalue weighted by Gasteiger charge is -2.08. The SMILES string of the molecule is C=CCCCOCc1ccc(OC)c(C(=O)O)c1. The summed E-state index contributed by atoms with van der Waals surface area (Å²) < 4.78 is 10.4. The van der Waals surface area contributed by atoms with E-state index in [-0.39, 0.29) is 5.56 Å². The second-order valence-electron chi connectivity index (χ2n) is 3.82. The Labute approximate surface area is 107 Å². The van der Waals surface area contributed by atoms with Gasteiger partial charge >= 0.3 is 5.97 Å². The molecule has 4 heteroatoms. The van der Waals surface area contributed by atoms with Crippen molar-refractivity contribution in [1.29, 1.82) is 0 Å². The molecule has 0 heterocycles. The fraction of sp³-hybridized carbons (Fsp3) is 0.357. The van der Waals surface area contributed by atoms with Gasteiger partial charge in [0.25, 0.3) is 0 Å². The zero-order chi connectivity index (χ0) is 13.4. The molecule has 0 amide bonds. The predicted octanol–water partition coefficient (Wildman–Crippen LogP) is 2.88. The number of benzene rings is 1. The highest BCUT2D eigenvalue weighted by molar-refractivity contribution is 5.91. The predicted molar refractivity (Wildman–Crippen MR) is 69.0 cm³/mol. The fourth-order valence-corrected chi connectivity index (χ4v) is 1.53. The third-order valence-corrected chi connectivity index (χ3v) is 2.46. The smallest absolute Gasteiger partial charge is 0.339 e. The number of carboxylic acids is 1. The van der Waals surface area contributed by atoms with Crippen molar-refractivity contribution in [3.05, 3.63) is 42.0 Å². The molecule has 18 heavy (non-hydrogen) atoms. The van der Waals surface area contributed by atoms with Crippen LogP contribution >= 0.6 is 0 Å². The third-order valence-electron chi connectivity index (χ3n) is 2.46. The monoisotopic (exact) mass is 250 g/mol. The maximum absolute atomic E-state index is 11.0. The van der Waals surface area contributed by atoms with Crippen LogP contribution in [-0.2, 0) is 11.3 Å². The summed E-state index contributed by atoms with van der Waals surface area (Å²) in [6, 6.07) is 5.03. The van der Waals surface area contributed by atoms with Crippen LogP contribution in [-0.4, -0.2) is 24.8 Å². The molecule has 0 radical (unpaired) electrons. The third kappa shape index (κ3) is 4.22. The normalized spacial score (nSPS) is 10.1. The first-order valence-electron chi connectivity index (χ1n) is 5.78. The lowest BCUT2D eigenvalue weighted by Crippen LogP contribution is -2.03. The van der Waals surface area contributed by atoms with Crippen LogP contribution in [0.5, 0.6) is 5.75 Å². The van der Waals surface area contributed by atoms with E-state index in [4.69, 9.17) is 14.6 Å². The second kappa shape index (κ2) is 7.50. The van der Waals surface area contributed by atoms with Crippen LogP contribution in [0.3, 0.4) is 0 Å². The Kier molecular flexibility index (Phi) is 5.94. The molecular weight excluding hydrogens is 232 g/mol. The number of carboxylic acid groups (broad SMARTS) is 1. The summed E-state index contributed by atoms with van der Waals surface area (Å²) in [6.45, 7) is 4.68. The quantitative estimate of drug-likeness (QED) is 0.569. The first-order chi connectivity index (χ1) is 8.69. The standard InChI is InChI=1S/C14H18O4/c1-3-4-5-8-18-10-11-6-7-13(17-2)12(9-11)14(15)16/h3,6-7,9H,1,4-5,8,10H2,2H3,(H,15,16). The summed E-state index contributed by atoms with van der Waals surface area (Å²) in [5.41, 5.74) is 0.983. The van der Waals surface area contributed by atoms with Crippen LogP contribution in [0.2, 0.25) is 0 Å². The van der Waals surface area contributed by atoms with E-state index in [1.54, 1.807) is 18.2 Å². The van der Waals surface area contributed by atoms with E-state index >= 15 is 0 Å². The molecule has 0 bridgehead atoms. The Morgan fingerprint density at radius 3 is 2.89 bits per heavy atom. The molecule has 0 aliphatic rings. The molecule has 1 aromatic rings. The molecule has 0 saturated heterocycles. The molecule has 0 saturated carbocycles. The van der Waals surface area contributed by atoms with Gasteiger partial charge in [-0.25, -0.2) is 4.79 Å². The van der Waals surface area contributed by atoms with Gasteiger partial charge in [-0.3, -0.25) is 0 Å². The maximum Gasteiger partial charge on any atom is 0.339 e. The molecule has 4 nitrogen and oxygen atoms in total. The second-order valence-corrected chi connectivity index (χ2v) is 3.82. The van der Waals surface area contributed by atoms with Crippen LogP contribution in [0, 0.1) is 0 Å². The van der Waals surface area contributed by atoms with Crippen LogP contribution in [0.1, 0.15) is 28.8 Å². The van der Waals surface area contributed by atoms with Crippen molar-refractivity contribution in [2.24, 2.45) is 0 Å². The summed E-state index contributed by atoms with van der Waals surface area (Å²) in [7, 11) is 1.45. The molecule has 0 unspecified atom stereocenters. The van der Waals surface area contributed by atoms with Crippen molar-refractivity contribution in [2.45, 2.75) is 19.4 Å². The Morgan fingerprint density at radius 1 is 1.50 bits per heavy atom. The van der Waals surface area contributed by atoms with Gasteiger partial charge in [0, 0.05) is 6.61 Å². The molecule has 1 aromatic carbocycles. The Morgan fingerprint density at radius 2 is 2.28 bits per heavy atom. The molecule has 0 aliphatic carbocycles. The molecule has 1 rings (SSSR count). The fourth-order valence-electron chi connectivity index (χ4n) is 1.53. The molecule has 0 atom stereocenters. The number of aromatic carboxylic acids is 1. The van der Waals surface area contributed by atoms with E-state index in [0.29, 0.717) is 19.0 Å². The first-order valence-corrected chi connectivity index (χ1v) is 5.78. The number of hydrogen-bond acceptors (Lipinski definition) is 3. The molecular formula is C14H18O4. The van der Waals surface area contributed by atoms with Crippen LogP contribution in [0.25, 0.3) is 0 Å². The van der Waals surface area contributed by atoms with E-state index in [0.717, 1.165) is 18.4 Å². The van der Waals surface area contributed by atoms with Crippen molar-refractivity contribution in [3.8, 4) is 5.75 Å². The average molecular weight is 250 g/mol. The van der Waals surface area contributed by atoms with Crippen LogP contribution < -0.4 is 4.74 Å². The van der Waals surface area contributed by atoms with Gasteiger partial charge in [0.15, 0.2) is 0 Å². The van der Waals surface area contributed by atoms with Gasteiger partial charge < -0.3 is 14.6 Å². The molecule has 0 aromatic heterocycles. The van der Waals surface area contributed by atoms with Crippen molar-refractivity contribution in [2.75, 3.05) is 13.7 Å². The topological polar surface area (TPSA) is 55.8 Å². The Hall–Kier alpha value is -1.81. The largest absolute Gasteiger partial charge is 0.496 e. The minimum absolute atomic E-state index is 0.157. The van der Waals surface area contributed by atoms with E-state index in [9.17, 15) is 4.79 Å². The number of rotatable bonds is 8. The van der Waals surface area contributed by atoms with Gasteiger partial charge in [-0.1, -0.05) is 12.1 Å². The van der Waals surface area contributed by atoms with Gasteiger partial charge in [-0.2, -0.15) is 0 Å². The molecule has 0 aliphatic heterocycles. The maximum atomic E-state index is 11.0. The van der Waals surface area contributed by atoms with Gasteiger partial charge in [0.1, 0.15) is 11.3 Å². The van der Waals surface area contributed by atoms with Crippen molar-refractivity contribution in [3.63, 3.8) is 0 Å². The van der Waals surface area contributed by atoms with E-state index < -0.39 is 5.97 Å². The highest BCUT2D eigenvalue weighted by Gasteiger charge is 2.11. The number of hydrogen-bond donors (Lipinski definition) is 1. The lowest BCUT2D eigenvalue weighted by atomic mass is 10.1. The van der Waals surface area contributed by atoms with Crippen LogP contribution in [0.15, 0.2) is 30.9 Å². The summed E-state index contributed by atoms with van der Waals surface area (Å²) in [5, 5.41) is 9.03. The Bertz CT molecular complexity index is 412. The molecule has 1 N–H and O–H groups in total. The van der Waals surface area contributed by atoms with Crippen molar-refractivity contribution >= 4 is 5.97 Å². The summed E-state index contributed by atoms with van der Waals surface area (Å²) in [6.07, 6.45) is 3.69. The zero-order valence-corrected chi connectivity index (χ0v) is 10.5. The van der Waals surface area contributed by atoms with Crippen LogP contribution in [0.4, 0.5) is 0 Å². The number of ether oxygens (including phenoxy) is 2. The molecule has 98 valence electrons. The van der Waals surface area contributed by atoms with Crippen molar-refractivity contribution in [1.82, 2.24) is 0 Å². The van der Waals surface area contributed by atoms with E-state index in [1.807, 2.05) is 6.08 Å². The Balaban J connectivity index is 2.59. The van der Waals surface area contributed by atoms with E-state index in [2.05, 4.69) is 6.58 Å². The summed E-state index contributed by atoms with van der Waals surface area (Å²) >= 11 is 0. The minimum atomic E-state index is -1.000. The van der Waals surface area contributed by atoms with Gasteiger partial charge in [-0.15, -0.1) is 6.58 Å². The average Bonchev–Trinajstić information content (AvgIpc) is 2.38. The molecule has 0 spiro atoms.